The van der Waals surface area contributed by atoms with Crippen LogP contribution in [-0.2, 0) is 11.3 Å². The van der Waals surface area contributed by atoms with E-state index in [9.17, 15) is 9.59 Å². The Morgan fingerprint density at radius 1 is 1.17 bits per heavy atom. The monoisotopic (exact) mass is 326 g/mol. The van der Waals surface area contributed by atoms with Crippen LogP contribution in [0.3, 0.4) is 0 Å². The fourth-order valence-electron chi connectivity index (χ4n) is 3.27. The number of aromatic nitrogens is 2. The van der Waals surface area contributed by atoms with Crippen molar-refractivity contribution in [1.29, 1.82) is 0 Å². The van der Waals surface area contributed by atoms with Crippen molar-refractivity contribution in [2.24, 2.45) is 5.92 Å². The SMILES string of the molecule is Cc1nc2ccccc2nc1CN1C(=O)N[C@](C)(CC(C)C)C1=O. The number of amides is 3. The average Bonchev–Trinajstić information content (AvgIpc) is 2.70. The molecule has 0 unspecified atom stereocenters. The van der Waals surface area contributed by atoms with E-state index in [2.05, 4.69) is 15.3 Å². The zero-order chi connectivity index (χ0) is 17.5. The van der Waals surface area contributed by atoms with Gasteiger partial charge >= 0.3 is 6.03 Å². The number of rotatable bonds is 4. The molecule has 1 N–H and O–H groups in total. The average molecular weight is 326 g/mol. The first-order chi connectivity index (χ1) is 11.3. The Morgan fingerprint density at radius 3 is 2.42 bits per heavy atom. The molecule has 0 aliphatic carbocycles. The summed E-state index contributed by atoms with van der Waals surface area (Å²) in [6.45, 7) is 7.84. The summed E-state index contributed by atoms with van der Waals surface area (Å²) in [6.07, 6.45) is 0.608. The fraction of sp³-hybridized carbons (Fsp3) is 0.444. The van der Waals surface area contributed by atoms with Gasteiger partial charge in [0.05, 0.1) is 29.0 Å². The number of hydrogen-bond donors (Lipinski definition) is 1. The van der Waals surface area contributed by atoms with Gasteiger partial charge in [-0.2, -0.15) is 0 Å². The van der Waals surface area contributed by atoms with Gasteiger partial charge in [-0.3, -0.25) is 9.69 Å². The third-order valence-electron chi connectivity index (χ3n) is 4.31. The van der Waals surface area contributed by atoms with Crippen LogP contribution in [0, 0.1) is 12.8 Å². The predicted molar refractivity (Wildman–Crippen MR) is 91.2 cm³/mol. The molecule has 1 aromatic heterocycles. The first-order valence-corrected chi connectivity index (χ1v) is 8.16. The van der Waals surface area contributed by atoms with Crippen LogP contribution in [0.1, 0.15) is 38.6 Å². The fourth-order valence-corrected chi connectivity index (χ4v) is 3.27. The van der Waals surface area contributed by atoms with Crippen LogP contribution in [0.5, 0.6) is 0 Å². The number of urea groups is 1. The molecule has 3 amide bonds. The lowest BCUT2D eigenvalue weighted by atomic mass is 9.91. The highest BCUT2D eigenvalue weighted by molar-refractivity contribution is 6.06. The number of benzene rings is 1. The van der Waals surface area contributed by atoms with E-state index in [-0.39, 0.29) is 18.5 Å². The Morgan fingerprint density at radius 2 is 1.79 bits per heavy atom. The van der Waals surface area contributed by atoms with Gasteiger partial charge in [0.1, 0.15) is 5.54 Å². The molecule has 1 fully saturated rings. The van der Waals surface area contributed by atoms with Gasteiger partial charge in [0, 0.05) is 0 Å². The zero-order valence-electron chi connectivity index (χ0n) is 14.5. The molecule has 1 aromatic carbocycles. The maximum Gasteiger partial charge on any atom is 0.325 e. The second-order valence-electron chi connectivity index (χ2n) is 7.00. The molecule has 1 aliphatic heterocycles. The summed E-state index contributed by atoms with van der Waals surface area (Å²) in [5.41, 5.74) is 2.09. The van der Waals surface area contributed by atoms with Crippen molar-refractivity contribution in [3.63, 3.8) is 0 Å². The molecule has 0 saturated carbocycles. The molecule has 1 aliphatic rings. The molecule has 2 heterocycles. The number of nitrogens with one attached hydrogen (secondary N) is 1. The second-order valence-corrected chi connectivity index (χ2v) is 7.00. The van der Waals surface area contributed by atoms with Crippen LogP contribution in [0.15, 0.2) is 24.3 Å². The van der Waals surface area contributed by atoms with Gasteiger partial charge in [0.25, 0.3) is 5.91 Å². The van der Waals surface area contributed by atoms with Crippen molar-refractivity contribution in [2.75, 3.05) is 0 Å². The predicted octanol–water partition coefficient (Wildman–Crippen LogP) is 2.79. The highest BCUT2D eigenvalue weighted by Crippen LogP contribution is 2.26. The molecule has 0 spiro atoms. The maximum absolute atomic E-state index is 12.7. The standard InChI is InChI=1S/C18H22N4O2/c1-11(2)9-18(4)16(23)22(17(24)21-18)10-15-12(3)19-13-7-5-6-8-14(13)20-15/h5-8,11H,9-10H2,1-4H3,(H,21,24)/t18-/m1/s1. The van der Waals surface area contributed by atoms with E-state index in [1.165, 1.54) is 4.90 Å². The van der Waals surface area contributed by atoms with Crippen LogP contribution in [0.25, 0.3) is 11.0 Å². The summed E-state index contributed by atoms with van der Waals surface area (Å²) in [5.74, 6) is 0.108. The molecule has 2 aromatic rings. The highest BCUT2D eigenvalue weighted by atomic mass is 16.2. The van der Waals surface area contributed by atoms with E-state index in [1.54, 1.807) is 6.92 Å². The second kappa shape index (κ2) is 5.85. The number of fused-ring (bicyclic) bond motifs is 1. The lowest BCUT2D eigenvalue weighted by Crippen LogP contribution is -2.44. The Labute approximate surface area is 141 Å². The van der Waals surface area contributed by atoms with E-state index in [4.69, 9.17) is 0 Å². The molecule has 0 radical (unpaired) electrons. The van der Waals surface area contributed by atoms with Crippen LogP contribution < -0.4 is 5.32 Å². The van der Waals surface area contributed by atoms with Crippen molar-refractivity contribution in [3.05, 3.63) is 35.7 Å². The summed E-state index contributed by atoms with van der Waals surface area (Å²) in [7, 11) is 0. The van der Waals surface area contributed by atoms with Gasteiger partial charge in [-0.05, 0) is 38.3 Å². The molecule has 126 valence electrons. The molecule has 24 heavy (non-hydrogen) atoms. The lowest BCUT2D eigenvalue weighted by Gasteiger charge is -2.23. The molecule has 6 nitrogen and oxygen atoms in total. The number of imide groups is 1. The minimum absolute atomic E-state index is 0.141. The van der Waals surface area contributed by atoms with Crippen molar-refractivity contribution in [1.82, 2.24) is 20.2 Å². The Hall–Kier alpha value is -2.50. The molecule has 3 rings (SSSR count). The third kappa shape index (κ3) is 2.84. The largest absolute Gasteiger partial charge is 0.325 e. The lowest BCUT2D eigenvalue weighted by molar-refractivity contribution is -0.131. The molecule has 0 bridgehead atoms. The quantitative estimate of drug-likeness (QED) is 0.877. The smallest absolute Gasteiger partial charge is 0.323 e. The minimum atomic E-state index is -0.844. The maximum atomic E-state index is 12.7. The van der Waals surface area contributed by atoms with Gasteiger partial charge in [0.15, 0.2) is 0 Å². The highest BCUT2D eigenvalue weighted by Gasteiger charge is 2.47. The van der Waals surface area contributed by atoms with Crippen molar-refractivity contribution < 1.29 is 9.59 Å². The van der Waals surface area contributed by atoms with E-state index in [1.807, 2.05) is 45.0 Å². The van der Waals surface area contributed by atoms with Gasteiger partial charge in [-0.15, -0.1) is 0 Å². The molecule has 1 saturated heterocycles. The van der Waals surface area contributed by atoms with Crippen LogP contribution in [0.4, 0.5) is 4.79 Å². The van der Waals surface area contributed by atoms with Gasteiger partial charge in [0.2, 0.25) is 0 Å². The number of aryl methyl sites for hydroxylation is 1. The van der Waals surface area contributed by atoms with E-state index in [0.29, 0.717) is 18.0 Å². The number of hydrogen-bond acceptors (Lipinski definition) is 4. The molecule has 1 atom stereocenters. The number of para-hydroxylation sites is 2. The summed E-state index contributed by atoms with van der Waals surface area (Å²) >= 11 is 0. The van der Waals surface area contributed by atoms with E-state index in [0.717, 1.165) is 16.7 Å². The first kappa shape index (κ1) is 16.4. The topological polar surface area (TPSA) is 75.2 Å². The summed E-state index contributed by atoms with van der Waals surface area (Å²) < 4.78 is 0. The molecular weight excluding hydrogens is 304 g/mol. The summed E-state index contributed by atoms with van der Waals surface area (Å²) in [6, 6.07) is 7.21. The van der Waals surface area contributed by atoms with E-state index < -0.39 is 5.54 Å². The van der Waals surface area contributed by atoms with Gasteiger partial charge in [-0.25, -0.2) is 14.8 Å². The minimum Gasteiger partial charge on any atom is -0.323 e. The molecule has 6 heteroatoms. The number of nitrogens with zero attached hydrogens (tertiary/aromatic N) is 3. The van der Waals surface area contributed by atoms with Crippen LogP contribution in [-0.4, -0.2) is 32.3 Å². The normalized spacial score (nSPS) is 21.0. The Kier molecular flexibility index (Phi) is 3.99. The zero-order valence-corrected chi connectivity index (χ0v) is 14.5. The summed E-state index contributed by atoms with van der Waals surface area (Å²) in [5, 5.41) is 2.83. The number of carbonyl (C=O) groups excluding carboxylic acids is 2. The van der Waals surface area contributed by atoms with E-state index >= 15 is 0 Å². The summed E-state index contributed by atoms with van der Waals surface area (Å²) in [4.78, 5) is 35.4. The third-order valence-corrected chi connectivity index (χ3v) is 4.31. The Balaban J connectivity index is 1.90. The van der Waals surface area contributed by atoms with Crippen molar-refractivity contribution in [3.8, 4) is 0 Å². The Bertz CT molecular complexity index is 818. The van der Waals surface area contributed by atoms with Crippen LogP contribution in [0.2, 0.25) is 0 Å². The van der Waals surface area contributed by atoms with Crippen molar-refractivity contribution >= 4 is 23.0 Å². The van der Waals surface area contributed by atoms with Crippen LogP contribution >= 0.6 is 0 Å². The van der Waals surface area contributed by atoms with Gasteiger partial charge < -0.3 is 5.32 Å². The van der Waals surface area contributed by atoms with Gasteiger partial charge in [-0.1, -0.05) is 26.0 Å². The number of carbonyl (C=O) groups is 2. The van der Waals surface area contributed by atoms with Crippen molar-refractivity contribution in [2.45, 2.75) is 46.2 Å². The molecular formula is C18H22N4O2. The first-order valence-electron chi connectivity index (χ1n) is 8.16.